The van der Waals surface area contributed by atoms with Crippen LogP contribution in [0.15, 0.2) is 23.4 Å². The van der Waals surface area contributed by atoms with Crippen LogP contribution in [0.4, 0.5) is 13.8 Å². The molecule has 1 aromatic carbocycles. The zero-order chi connectivity index (χ0) is 25.8. The summed E-state index contributed by atoms with van der Waals surface area (Å²) in [7, 11) is 0. The highest BCUT2D eigenvalue weighted by molar-refractivity contribution is 7.99. The van der Waals surface area contributed by atoms with Gasteiger partial charge in [0.05, 0.1) is 11.3 Å². The minimum absolute atomic E-state index is 0.0830. The van der Waals surface area contributed by atoms with Crippen molar-refractivity contribution in [1.82, 2.24) is 14.8 Å². The lowest BCUT2D eigenvalue weighted by atomic mass is 9.86. The molecule has 190 valence electrons. The predicted molar refractivity (Wildman–Crippen MR) is 135 cm³/mol. The number of thiophene rings is 1. The number of hydrogen-bond donors (Lipinski definition) is 1. The molecule has 3 aromatic rings. The predicted octanol–water partition coefficient (Wildman–Crippen LogP) is 5.90. The van der Waals surface area contributed by atoms with Crippen molar-refractivity contribution in [3.63, 3.8) is 0 Å². The summed E-state index contributed by atoms with van der Waals surface area (Å²) < 4.78 is 34.6. The molecule has 0 aliphatic heterocycles. The summed E-state index contributed by atoms with van der Waals surface area (Å²) in [5.41, 5.74) is 1.66. The molecule has 1 amide bonds. The van der Waals surface area contributed by atoms with E-state index in [1.807, 2.05) is 6.92 Å². The molecule has 11 heteroatoms. The molecule has 0 fully saturated rings. The summed E-state index contributed by atoms with van der Waals surface area (Å²) in [5.74, 6) is -0.615. The van der Waals surface area contributed by atoms with Gasteiger partial charge in [-0.05, 0) is 56.7 Å². The summed E-state index contributed by atoms with van der Waals surface area (Å²) in [6.07, 6.45) is 3.37. The van der Waals surface area contributed by atoms with Gasteiger partial charge in [0, 0.05) is 17.5 Å². The Balaban J connectivity index is 1.41. The van der Waals surface area contributed by atoms with Crippen molar-refractivity contribution in [2.24, 2.45) is 5.92 Å². The second-order valence-electron chi connectivity index (χ2n) is 8.59. The first-order valence-corrected chi connectivity index (χ1v) is 13.7. The van der Waals surface area contributed by atoms with Crippen molar-refractivity contribution in [1.29, 1.82) is 5.26 Å². The highest BCUT2D eigenvalue weighted by Gasteiger charge is 2.26. The number of carbonyl (C=O) groups is 1. The summed E-state index contributed by atoms with van der Waals surface area (Å²) >= 11 is 2.73. The lowest BCUT2D eigenvalue weighted by Gasteiger charge is -2.20. The van der Waals surface area contributed by atoms with Crippen LogP contribution in [-0.2, 0) is 24.2 Å². The number of benzene rings is 1. The molecule has 1 aliphatic carbocycles. The normalized spacial score (nSPS) is 15.7. The number of amides is 1. The van der Waals surface area contributed by atoms with Crippen LogP contribution in [0.3, 0.4) is 0 Å². The van der Waals surface area contributed by atoms with Gasteiger partial charge in [-0.25, -0.2) is 8.78 Å². The van der Waals surface area contributed by atoms with E-state index in [2.05, 4.69) is 28.5 Å². The first-order valence-electron chi connectivity index (χ1n) is 11.9. The fourth-order valence-electron chi connectivity index (χ4n) is 4.32. The van der Waals surface area contributed by atoms with Crippen molar-refractivity contribution in [2.75, 3.05) is 11.1 Å². The molecular formula is C25H27F2N5O2S2. The highest BCUT2D eigenvalue weighted by atomic mass is 32.2. The fraction of sp³-hybridized carbons (Fsp3) is 0.440. The Morgan fingerprint density at radius 1 is 1.39 bits per heavy atom. The van der Waals surface area contributed by atoms with Gasteiger partial charge in [0.2, 0.25) is 5.91 Å². The van der Waals surface area contributed by atoms with Crippen molar-refractivity contribution >= 4 is 34.0 Å². The summed E-state index contributed by atoms with van der Waals surface area (Å²) in [6.45, 7) is 6.30. The number of anilines is 1. The Kier molecular flexibility index (Phi) is 8.26. The Labute approximate surface area is 216 Å². The quantitative estimate of drug-likeness (QED) is 0.346. The number of nitriles is 1. The number of nitrogens with zero attached hydrogens (tertiary/aromatic N) is 4. The van der Waals surface area contributed by atoms with Gasteiger partial charge >= 0.3 is 0 Å². The van der Waals surface area contributed by atoms with Gasteiger partial charge in [-0.15, -0.1) is 21.5 Å². The monoisotopic (exact) mass is 531 g/mol. The van der Waals surface area contributed by atoms with Crippen molar-refractivity contribution in [3.05, 3.63) is 51.7 Å². The van der Waals surface area contributed by atoms with Gasteiger partial charge in [-0.3, -0.25) is 4.79 Å². The SMILES string of the molecule is CCC1CCc2c(sc(NC(=O)CSc3nnc(C(C)Oc4ccc(F)cc4F)n3CC)c2C#N)C1. The molecule has 0 spiro atoms. The fourth-order valence-corrected chi connectivity index (χ4v) is 6.46. The van der Waals surface area contributed by atoms with Crippen LogP contribution < -0.4 is 10.1 Å². The second-order valence-corrected chi connectivity index (χ2v) is 10.6. The summed E-state index contributed by atoms with van der Waals surface area (Å²) in [6, 6.07) is 5.39. The highest BCUT2D eigenvalue weighted by Crippen LogP contribution is 2.40. The van der Waals surface area contributed by atoms with E-state index in [4.69, 9.17) is 4.74 Å². The Morgan fingerprint density at radius 2 is 2.19 bits per heavy atom. The molecule has 0 bridgehead atoms. The van der Waals surface area contributed by atoms with E-state index in [1.54, 1.807) is 11.5 Å². The average molecular weight is 532 g/mol. The smallest absolute Gasteiger partial charge is 0.235 e. The van der Waals surface area contributed by atoms with Crippen LogP contribution in [0.25, 0.3) is 0 Å². The van der Waals surface area contributed by atoms with Gasteiger partial charge in [-0.2, -0.15) is 5.26 Å². The van der Waals surface area contributed by atoms with E-state index < -0.39 is 17.7 Å². The Morgan fingerprint density at radius 3 is 2.89 bits per heavy atom. The molecule has 36 heavy (non-hydrogen) atoms. The van der Waals surface area contributed by atoms with Gasteiger partial charge in [0.1, 0.15) is 16.9 Å². The molecule has 4 rings (SSSR count). The van der Waals surface area contributed by atoms with Gasteiger partial charge in [0.25, 0.3) is 0 Å². The summed E-state index contributed by atoms with van der Waals surface area (Å²) in [5, 5.41) is 22.1. The topological polar surface area (TPSA) is 92.8 Å². The molecule has 1 N–H and O–H groups in total. The van der Waals surface area contributed by atoms with E-state index >= 15 is 0 Å². The Hall–Kier alpha value is -2.97. The lowest BCUT2D eigenvalue weighted by Crippen LogP contribution is -2.15. The standard InChI is InChI=1S/C25H27F2N5O2S2/c1-4-15-6-8-17-18(12-28)24(36-21(17)10-15)29-22(33)13-35-25-31-30-23(32(25)5-2)14(3)34-20-9-7-16(26)11-19(20)27/h7,9,11,14-15H,4-6,8,10,13H2,1-3H3,(H,29,33). The molecule has 2 atom stereocenters. The number of carbonyl (C=O) groups excluding carboxylic acids is 1. The first-order chi connectivity index (χ1) is 17.3. The van der Waals surface area contributed by atoms with E-state index in [0.717, 1.165) is 43.4 Å². The maximum atomic E-state index is 14.0. The maximum absolute atomic E-state index is 14.0. The van der Waals surface area contributed by atoms with Crippen molar-refractivity contribution in [3.8, 4) is 11.8 Å². The van der Waals surface area contributed by atoms with Crippen LogP contribution in [0.5, 0.6) is 5.75 Å². The number of aromatic nitrogens is 3. The molecule has 1 aliphatic rings. The number of ether oxygens (including phenoxy) is 1. The number of nitrogens with one attached hydrogen (secondary N) is 1. The van der Waals surface area contributed by atoms with Gasteiger partial charge in [0.15, 0.2) is 28.7 Å². The number of fused-ring (bicyclic) bond motifs is 1. The number of halogens is 2. The largest absolute Gasteiger partial charge is 0.480 e. The Bertz CT molecular complexity index is 1300. The second kappa shape index (κ2) is 11.4. The number of hydrogen-bond acceptors (Lipinski definition) is 7. The summed E-state index contributed by atoms with van der Waals surface area (Å²) in [4.78, 5) is 13.9. The zero-order valence-corrected chi connectivity index (χ0v) is 21.9. The molecule has 0 radical (unpaired) electrons. The first kappa shape index (κ1) is 26.1. The molecule has 7 nitrogen and oxygen atoms in total. The van der Waals surface area contributed by atoms with Gasteiger partial charge < -0.3 is 14.6 Å². The third-order valence-electron chi connectivity index (χ3n) is 6.26. The molecule has 2 aromatic heterocycles. The van der Waals surface area contributed by atoms with Crippen molar-refractivity contribution in [2.45, 2.75) is 64.3 Å². The van der Waals surface area contributed by atoms with E-state index in [-0.39, 0.29) is 17.4 Å². The number of thioether (sulfide) groups is 1. The van der Waals surface area contributed by atoms with Gasteiger partial charge in [-0.1, -0.05) is 25.1 Å². The minimum Gasteiger partial charge on any atom is -0.480 e. The molecular weight excluding hydrogens is 504 g/mol. The third-order valence-corrected chi connectivity index (χ3v) is 8.40. The lowest BCUT2D eigenvalue weighted by molar-refractivity contribution is -0.113. The number of rotatable bonds is 9. The molecule has 2 heterocycles. The van der Waals surface area contributed by atoms with Crippen LogP contribution in [-0.4, -0.2) is 26.4 Å². The zero-order valence-electron chi connectivity index (χ0n) is 20.3. The maximum Gasteiger partial charge on any atom is 0.235 e. The van der Waals surface area contributed by atoms with Crippen LogP contribution in [0.1, 0.15) is 61.5 Å². The van der Waals surface area contributed by atoms with Crippen LogP contribution >= 0.6 is 23.1 Å². The molecule has 0 saturated heterocycles. The van der Waals surface area contributed by atoms with Crippen LogP contribution in [0.2, 0.25) is 0 Å². The van der Waals surface area contributed by atoms with E-state index in [1.165, 1.54) is 34.0 Å². The minimum atomic E-state index is -0.798. The van der Waals surface area contributed by atoms with E-state index in [0.29, 0.717) is 34.0 Å². The average Bonchev–Trinajstić information content (AvgIpc) is 3.43. The van der Waals surface area contributed by atoms with Crippen LogP contribution in [0, 0.1) is 28.9 Å². The molecule has 2 unspecified atom stereocenters. The van der Waals surface area contributed by atoms with Crippen molar-refractivity contribution < 1.29 is 18.3 Å². The third kappa shape index (κ3) is 5.55. The molecule has 0 saturated carbocycles. The van der Waals surface area contributed by atoms with E-state index in [9.17, 15) is 18.8 Å².